The quantitative estimate of drug-likeness (QED) is 0.332. The summed E-state index contributed by atoms with van der Waals surface area (Å²) >= 11 is 7.74. The second kappa shape index (κ2) is 9.81. The Morgan fingerprint density at radius 2 is 1.87 bits per heavy atom. The van der Waals surface area contributed by atoms with Gasteiger partial charge in [-0.2, -0.15) is 0 Å². The molecule has 162 valence electrons. The number of thiazole rings is 1. The zero-order valence-corrected chi connectivity index (χ0v) is 20.0. The van der Waals surface area contributed by atoms with Crippen LogP contribution in [0.2, 0.25) is 5.02 Å². The Kier molecular flexibility index (Phi) is 7.36. The molecule has 2 aromatic carbocycles. The molecule has 2 aromatic heterocycles. The van der Waals surface area contributed by atoms with Crippen LogP contribution in [0.3, 0.4) is 0 Å². The van der Waals surface area contributed by atoms with Crippen molar-refractivity contribution >= 4 is 56.6 Å². The fourth-order valence-corrected chi connectivity index (χ4v) is 5.07. The Balaban J connectivity index is 0.00000272. The van der Waals surface area contributed by atoms with Gasteiger partial charge in [0.05, 0.1) is 16.5 Å². The van der Waals surface area contributed by atoms with Crippen LogP contribution in [0.25, 0.3) is 10.2 Å². The van der Waals surface area contributed by atoms with Gasteiger partial charge < -0.3 is 4.57 Å². The van der Waals surface area contributed by atoms with E-state index >= 15 is 0 Å². The summed E-state index contributed by atoms with van der Waals surface area (Å²) < 4.78 is 3.00. The number of aryl methyl sites for hydroxylation is 4. The number of carbonyl (C=O) groups excluding carboxylic acids is 1. The normalized spacial score (nSPS) is 10.8. The van der Waals surface area contributed by atoms with Crippen molar-refractivity contribution in [2.24, 2.45) is 0 Å². The number of halogens is 2. The summed E-state index contributed by atoms with van der Waals surface area (Å²) in [5.74, 6) is -0.0322. The molecule has 0 atom stereocenters. The molecule has 0 radical (unpaired) electrons. The molecule has 0 spiro atoms. The van der Waals surface area contributed by atoms with Gasteiger partial charge in [0.25, 0.3) is 5.91 Å². The molecule has 0 aliphatic heterocycles. The highest BCUT2D eigenvalue weighted by molar-refractivity contribution is 7.22. The Labute approximate surface area is 197 Å². The topological polar surface area (TPSA) is 51.0 Å². The predicted octanol–water partition coefficient (Wildman–Crippen LogP) is 6.23. The standard InChI is InChI=1S/C23H23ClN4OS.ClH/c1-15-9-16(2)11-18(10-15)22(29)28(7-4-6-27-8-5-25-14-27)23-26-21-17(3)12-19(24)13-20(21)30-23;/h5,8-14H,4,6-7H2,1-3H3;1H. The average Bonchev–Trinajstić information content (AvgIpc) is 3.33. The smallest absolute Gasteiger partial charge is 0.260 e. The van der Waals surface area contributed by atoms with Gasteiger partial charge in [0, 0.05) is 36.1 Å². The van der Waals surface area contributed by atoms with Gasteiger partial charge in [-0.1, -0.05) is 40.1 Å². The minimum Gasteiger partial charge on any atom is -0.337 e. The fraction of sp³-hybridized carbons (Fsp3) is 0.261. The van der Waals surface area contributed by atoms with Crippen LogP contribution in [0.5, 0.6) is 0 Å². The summed E-state index contributed by atoms with van der Waals surface area (Å²) in [4.78, 5) is 24.2. The van der Waals surface area contributed by atoms with Crippen LogP contribution in [0.1, 0.15) is 33.5 Å². The molecule has 4 aromatic rings. The molecule has 8 heteroatoms. The van der Waals surface area contributed by atoms with Gasteiger partial charge in [0.15, 0.2) is 5.13 Å². The third kappa shape index (κ3) is 5.26. The van der Waals surface area contributed by atoms with Crippen molar-refractivity contribution in [1.82, 2.24) is 14.5 Å². The molecule has 31 heavy (non-hydrogen) atoms. The molecule has 0 bridgehead atoms. The van der Waals surface area contributed by atoms with Crippen LogP contribution in [-0.4, -0.2) is 27.0 Å². The van der Waals surface area contributed by atoms with Crippen LogP contribution in [0.15, 0.2) is 49.1 Å². The van der Waals surface area contributed by atoms with E-state index in [1.54, 1.807) is 17.4 Å². The van der Waals surface area contributed by atoms with Gasteiger partial charge >= 0.3 is 0 Å². The van der Waals surface area contributed by atoms with E-state index in [0.717, 1.165) is 39.9 Å². The SMILES string of the molecule is Cc1cc(C)cc(C(=O)N(CCCn2ccnc2)c2nc3c(C)cc(Cl)cc3s2)c1.Cl. The number of carbonyl (C=O) groups is 1. The van der Waals surface area contributed by atoms with Crippen LogP contribution in [0.4, 0.5) is 5.13 Å². The van der Waals surface area contributed by atoms with Gasteiger partial charge in [0.1, 0.15) is 0 Å². The van der Waals surface area contributed by atoms with Crippen LogP contribution >= 0.6 is 35.3 Å². The van der Waals surface area contributed by atoms with E-state index in [9.17, 15) is 4.79 Å². The van der Waals surface area contributed by atoms with E-state index in [4.69, 9.17) is 16.6 Å². The van der Waals surface area contributed by atoms with Gasteiger partial charge in [-0.3, -0.25) is 9.69 Å². The maximum Gasteiger partial charge on any atom is 0.260 e. The number of nitrogens with zero attached hydrogens (tertiary/aromatic N) is 4. The lowest BCUT2D eigenvalue weighted by Gasteiger charge is -2.20. The first kappa shape index (κ1) is 23.3. The Bertz CT molecular complexity index is 1180. The lowest BCUT2D eigenvalue weighted by atomic mass is 10.1. The van der Waals surface area contributed by atoms with E-state index < -0.39 is 0 Å². The monoisotopic (exact) mass is 474 g/mol. The first-order chi connectivity index (χ1) is 14.4. The number of aromatic nitrogens is 3. The van der Waals surface area contributed by atoms with Crippen LogP contribution in [-0.2, 0) is 6.54 Å². The Hall–Kier alpha value is -2.41. The molecule has 0 aliphatic rings. The van der Waals surface area contributed by atoms with Gasteiger partial charge in [-0.25, -0.2) is 9.97 Å². The van der Waals surface area contributed by atoms with E-state index in [1.807, 2.05) is 55.8 Å². The molecule has 5 nitrogen and oxygen atoms in total. The van der Waals surface area contributed by atoms with E-state index in [-0.39, 0.29) is 18.3 Å². The Morgan fingerprint density at radius 3 is 2.55 bits per heavy atom. The fourth-order valence-electron chi connectivity index (χ4n) is 3.63. The molecule has 0 unspecified atom stereocenters. The zero-order chi connectivity index (χ0) is 21.3. The van der Waals surface area contributed by atoms with Crippen molar-refractivity contribution in [2.75, 3.05) is 11.4 Å². The lowest BCUT2D eigenvalue weighted by Crippen LogP contribution is -2.32. The van der Waals surface area contributed by atoms with Crippen molar-refractivity contribution in [1.29, 1.82) is 0 Å². The van der Waals surface area contributed by atoms with Gasteiger partial charge in [-0.05, 0) is 57.0 Å². The molecular weight excluding hydrogens is 451 g/mol. The predicted molar refractivity (Wildman–Crippen MR) is 131 cm³/mol. The van der Waals surface area contributed by atoms with Crippen molar-refractivity contribution in [2.45, 2.75) is 33.7 Å². The van der Waals surface area contributed by atoms with Crippen LogP contribution in [0, 0.1) is 20.8 Å². The maximum absolute atomic E-state index is 13.5. The Morgan fingerprint density at radius 1 is 1.13 bits per heavy atom. The third-order valence-corrected chi connectivity index (χ3v) is 6.18. The summed E-state index contributed by atoms with van der Waals surface area (Å²) in [5.41, 5.74) is 4.74. The van der Waals surface area contributed by atoms with Crippen LogP contribution < -0.4 is 4.90 Å². The molecule has 4 rings (SSSR count). The molecule has 0 aliphatic carbocycles. The lowest BCUT2D eigenvalue weighted by molar-refractivity contribution is 0.0986. The van der Waals surface area contributed by atoms with Crippen molar-refractivity contribution in [3.8, 4) is 0 Å². The molecule has 0 N–H and O–H groups in total. The number of fused-ring (bicyclic) bond motifs is 1. The molecule has 0 saturated heterocycles. The highest BCUT2D eigenvalue weighted by Crippen LogP contribution is 2.34. The van der Waals surface area contributed by atoms with Gasteiger partial charge in [0.2, 0.25) is 0 Å². The number of rotatable bonds is 6. The first-order valence-electron chi connectivity index (χ1n) is 9.83. The summed E-state index contributed by atoms with van der Waals surface area (Å²) in [6.07, 6.45) is 6.28. The number of imidazole rings is 1. The van der Waals surface area contributed by atoms with E-state index in [1.165, 1.54) is 11.3 Å². The minimum absolute atomic E-state index is 0. The van der Waals surface area contributed by atoms with Crippen molar-refractivity contribution in [3.63, 3.8) is 0 Å². The second-order valence-corrected chi connectivity index (χ2v) is 9.00. The summed E-state index contributed by atoms with van der Waals surface area (Å²) in [5, 5.41) is 1.38. The molecule has 0 saturated carbocycles. The largest absolute Gasteiger partial charge is 0.337 e. The molecule has 1 amide bonds. The average molecular weight is 475 g/mol. The summed E-state index contributed by atoms with van der Waals surface area (Å²) in [7, 11) is 0. The summed E-state index contributed by atoms with van der Waals surface area (Å²) in [6, 6.07) is 9.77. The highest BCUT2D eigenvalue weighted by Gasteiger charge is 2.22. The van der Waals surface area contributed by atoms with Gasteiger partial charge in [-0.15, -0.1) is 12.4 Å². The number of anilines is 1. The second-order valence-electron chi connectivity index (χ2n) is 7.55. The maximum atomic E-state index is 13.5. The highest BCUT2D eigenvalue weighted by atomic mass is 35.5. The zero-order valence-electron chi connectivity index (χ0n) is 17.6. The third-order valence-electron chi connectivity index (χ3n) is 4.94. The number of hydrogen-bond donors (Lipinski definition) is 0. The van der Waals surface area contributed by atoms with E-state index in [2.05, 4.69) is 11.1 Å². The molecule has 0 fully saturated rings. The number of amides is 1. The van der Waals surface area contributed by atoms with Crippen molar-refractivity contribution < 1.29 is 4.79 Å². The summed E-state index contributed by atoms with van der Waals surface area (Å²) in [6.45, 7) is 7.36. The number of hydrogen-bond acceptors (Lipinski definition) is 4. The number of benzene rings is 2. The minimum atomic E-state index is -0.0322. The first-order valence-corrected chi connectivity index (χ1v) is 11.0. The van der Waals surface area contributed by atoms with Crippen molar-refractivity contribution in [3.05, 3.63) is 76.3 Å². The van der Waals surface area contributed by atoms with E-state index in [0.29, 0.717) is 22.3 Å². The molecular formula is C23H24Cl2N4OS. The molecule has 2 heterocycles.